The van der Waals surface area contributed by atoms with Gasteiger partial charge < -0.3 is 16.4 Å². The second-order valence-electron chi connectivity index (χ2n) is 10.8. The van der Waals surface area contributed by atoms with Gasteiger partial charge in [0.05, 0.1) is 11.3 Å². The monoisotopic (exact) mass is 655 g/mol. The third-order valence-corrected chi connectivity index (χ3v) is 8.13. The van der Waals surface area contributed by atoms with E-state index in [-0.39, 0.29) is 37.0 Å². The van der Waals surface area contributed by atoms with Crippen molar-refractivity contribution in [2.75, 3.05) is 0 Å². The maximum absolute atomic E-state index is 8.30. The van der Waals surface area contributed by atoms with E-state index in [1.54, 1.807) is 6.92 Å². The van der Waals surface area contributed by atoms with Crippen molar-refractivity contribution < 1.29 is 25.2 Å². The molecular formula is C32H34IrN2O-2. The van der Waals surface area contributed by atoms with E-state index >= 15 is 0 Å². The van der Waals surface area contributed by atoms with Gasteiger partial charge in [0.25, 0.3) is 0 Å². The van der Waals surface area contributed by atoms with Crippen molar-refractivity contribution in [3.05, 3.63) is 90.5 Å². The van der Waals surface area contributed by atoms with Gasteiger partial charge in [-0.3, -0.25) is 4.98 Å². The van der Waals surface area contributed by atoms with Gasteiger partial charge in [0.15, 0.2) is 0 Å². The number of aliphatic hydroxyl groups is 1. The minimum atomic E-state index is -0.227. The van der Waals surface area contributed by atoms with Gasteiger partial charge in [0.1, 0.15) is 0 Å². The molecule has 0 aliphatic carbocycles. The van der Waals surface area contributed by atoms with Crippen LogP contribution in [-0.4, -0.2) is 20.6 Å². The van der Waals surface area contributed by atoms with E-state index in [0.717, 1.165) is 16.7 Å². The fourth-order valence-electron chi connectivity index (χ4n) is 5.41. The molecule has 0 spiro atoms. The average Bonchev–Trinajstić information content (AvgIpc) is 3.26. The summed E-state index contributed by atoms with van der Waals surface area (Å²) in [6.45, 7) is 16.9. The van der Waals surface area contributed by atoms with Crippen LogP contribution in [0.25, 0.3) is 38.6 Å². The Balaban J connectivity index is 0.000000465. The third kappa shape index (κ3) is 3.74. The summed E-state index contributed by atoms with van der Waals surface area (Å²) < 4.78 is 2.45. The number of aryl methyl sites for hydroxylation is 1. The van der Waals surface area contributed by atoms with Gasteiger partial charge in [-0.15, -0.1) is 29.7 Å². The van der Waals surface area contributed by atoms with Gasteiger partial charge in [0, 0.05) is 53.8 Å². The molecule has 2 aromatic heterocycles. The van der Waals surface area contributed by atoms with Crippen molar-refractivity contribution in [3.8, 4) is 11.3 Å². The average molecular weight is 655 g/mol. The second kappa shape index (κ2) is 9.41. The maximum Gasteiger partial charge on any atom is 0.0810 e. The minimum Gasteiger partial charge on any atom is -0.396 e. The van der Waals surface area contributed by atoms with Crippen molar-refractivity contribution in [2.24, 2.45) is 0 Å². The van der Waals surface area contributed by atoms with E-state index in [1.165, 1.54) is 38.7 Å². The summed E-state index contributed by atoms with van der Waals surface area (Å²) in [4.78, 5) is 5.29. The Morgan fingerprint density at radius 3 is 2.31 bits per heavy atom. The normalized spacial score (nSPS) is 16.0. The van der Waals surface area contributed by atoms with Crippen LogP contribution in [0.5, 0.6) is 0 Å². The van der Waals surface area contributed by atoms with Crippen LogP contribution in [0.2, 0.25) is 0 Å². The van der Waals surface area contributed by atoms with Crippen molar-refractivity contribution in [2.45, 2.75) is 64.9 Å². The van der Waals surface area contributed by atoms with E-state index in [2.05, 4.69) is 107 Å². The van der Waals surface area contributed by atoms with Crippen LogP contribution < -0.4 is 0 Å². The summed E-state index contributed by atoms with van der Waals surface area (Å²) in [5, 5.41) is 12.0. The summed E-state index contributed by atoms with van der Waals surface area (Å²) in [6, 6.07) is 25.1. The largest absolute Gasteiger partial charge is 0.396 e. The maximum atomic E-state index is 8.30. The van der Waals surface area contributed by atoms with Gasteiger partial charge in [-0.05, 0) is 24.8 Å². The second-order valence-corrected chi connectivity index (χ2v) is 10.8. The first-order valence-electron chi connectivity index (χ1n) is 12.4. The van der Waals surface area contributed by atoms with Crippen LogP contribution in [0, 0.1) is 19.9 Å². The molecule has 1 atom stereocenters. The molecule has 1 N–H and O–H groups in total. The van der Waals surface area contributed by atoms with Gasteiger partial charge in [-0.1, -0.05) is 81.1 Å². The van der Waals surface area contributed by atoms with Crippen LogP contribution in [-0.2, 0) is 30.9 Å². The van der Waals surface area contributed by atoms with Crippen molar-refractivity contribution >= 4 is 27.3 Å². The summed E-state index contributed by atoms with van der Waals surface area (Å²) in [5.41, 5.74) is 8.45. The van der Waals surface area contributed by atoms with Crippen LogP contribution in [0.3, 0.4) is 0 Å². The molecule has 36 heavy (non-hydrogen) atoms. The van der Waals surface area contributed by atoms with Gasteiger partial charge in [-0.2, -0.15) is 6.42 Å². The predicted octanol–water partition coefficient (Wildman–Crippen LogP) is 7.57. The minimum absolute atomic E-state index is 0. The van der Waals surface area contributed by atoms with E-state index in [9.17, 15) is 0 Å². The Labute approximate surface area is 227 Å². The molecule has 0 saturated heterocycles. The fourth-order valence-corrected chi connectivity index (χ4v) is 5.41. The fraction of sp³-hybridized carbons (Fsp3) is 0.312. The molecule has 6 rings (SSSR count). The molecule has 0 bridgehead atoms. The summed E-state index contributed by atoms with van der Waals surface area (Å²) in [7, 11) is 0. The van der Waals surface area contributed by atoms with Crippen molar-refractivity contribution in [1.29, 1.82) is 0 Å². The molecule has 1 radical (unpaired) electrons. The Bertz CT molecular complexity index is 1560. The molecule has 0 fully saturated rings. The molecule has 3 heterocycles. The first-order chi connectivity index (χ1) is 16.6. The Morgan fingerprint density at radius 1 is 1.00 bits per heavy atom. The number of benzene rings is 3. The molecule has 5 aromatic rings. The topological polar surface area (TPSA) is 37.5 Å². The number of hydrogen-bond donors (Lipinski definition) is 1. The predicted molar refractivity (Wildman–Crippen MR) is 147 cm³/mol. The number of nitrogens with zero attached hydrogens (tertiary/aromatic N) is 2. The smallest absolute Gasteiger partial charge is 0.0810 e. The van der Waals surface area contributed by atoms with E-state index in [1.807, 2.05) is 6.07 Å². The van der Waals surface area contributed by atoms with Gasteiger partial charge in [-0.25, -0.2) is 0 Å². The molecule has 0 amide bonds. The molecule has 189 valence electrons. The van der Waals surface area contributed by atoms with Crippen molar-refractivity contribution in [1.82, 2.24) is 9.38 Å². The Hall–Kier alpha value is -2.52. The summed E-state index contributed by atoms with van der Waals surface area (Å²) in [5.74, 6) is 0. The SMILES string of the molecule is Cc1ccc2c3c1c1ccc[c-]c1c1nc(-c4ccccc4)c(n13)C(C)(C)C2(C)C.[CH2-]CC(C)O.[Ir]. The van der Waals surface area contributed by atoms with E-state index in [0.29, 0.717) is 6.42 Å². The first kappa shape index (κ1) is 26.5. The quantitative estimate of drug-likeness (QED) is 0.158. The van der Waals surface area contributed by atoms with Gasteiger partial charge >= 0.3 is 0 Å². The van der Waals surface area contributed by atoms with Crippen LogP contribution in [0.15, 0.2) is 60.7 Å². The Morgan fingerprint density at radius 2 is 1.67 bits per heavy atom. The number of pyridine rings is 1. The number of aliphatic hydroxyl groups excluding tert-OH is 1. The number of fused-ring (bicyclic) bond motifs is 3. The molecule has 1 aliphatic rings. The zero-order valence-corrected chi connectivity index (χ0v) is 24.3. The molecule has 3 aromatic carbocycles. The molecular weight excluding hydrogens is 621 g/mol. The molecule has 1 aliphatic heterocycles. The zero-order valence-electron chi connectivity index (χ0n) is 21.9. The molecule has 3 nitrogen and oxygen atoms in total. The van der Waals surface area contributed by atoms with E-state index < -0.39 is 0 Å². The van der Waals surface area contributed by atoms with Crippen LogP contribution >= 0.6 is 0 Å². The van der Waals surface area contributed by atoms with Gasteiger partial charge in [0.2, 0.25) is 0 Å². The van der Waals surface area contributed by atoms with E-state index in [4.69, 9.17) is 10.1 Å². The number of aromatic nitrogens is 2. The van der Waals surface area contributed by atoms with Crippen LogP contribution in [0.1, 0.15) is 57.9 Å². The first-order valence-corrected chi connectivity index (χ1v) is 12.4. The van der Waals surface area contributed by atoms with Crippen LogP contribution in [0.4, 0.5) is 0 Å². The third-order valence-electron chi connectivity index (χ3n) is 8.13. The molecule has 0 saturated carbocycles. The number of rotatable bonds is 2. The number of imidazole rings is 1. The Kier molecular flexibility index (Phi) is 6.94. The zero-order chi connectivity index (χ0) is 25.1. The number of hydrogen-bond acceptors (Lipinski definition) is 2. The van der Waals surface area contributed by atoms with Crippen molar-refractivity contribution in [3.63, 3.8) is 0 Å². The summed E-state index contributed by atoms with van der Waals surface area (Å²) in [6.07, 6.45) is 0.384. The summed E-state index contributed by atoms with van der Waals surface area (Å²) >= 11 is 0. The molecule has 4 heteroatoms. The molecule has 1 unspecified atom stereocenters. The standard InChI is InChI=1S/C28H25N2.C4H9O.Ir/c1-17-15-16-21-24-22(17)19-13-9-10-14-20(19)26-29-23(18-11-7-6-8-12-18)25(30(24)26)28(4,5)27(21,2)3;1-3-4(2)5;/h6-13,15-16H,1-5H3;4-5H,1,3H2,2H3;/q2*-1;.